The van der Waals surface area contributed by atoms with Crippen molar-refractivity contribution >= 4 is 17.1 Å². The van der Waals surface area contributed by atoms with Crippen molar-refractivity contribution in [3.63, 3.8) is 0 Å². The van der Waals surface area contributed by atoms with E-state index in [1.165, 1.54) is 22.3 Å². The average Bonchev–Trinajstić information content (AvgIpc) is 3.24. The third kappa shape index (κ3) is 4.38. The lowest BCUT2D eigenvalue weighted by molar-refractivity contribution is 0.248. The predicted molar refractivity (Wildman–Crippen MR) is 130 cm³/mol. The Kier molecular flexibility index (Phi) is 6.02. The summed E-state index contributed by atoms with van der Waals surface area (Å²) in [5.41, 5.74) is 2.17. The monoisotopic (exact) mass is 462 g/mol. The Balaban J connectivity index is 1.41. The number of H-pyrrole nitrogens is 1. The van der Waals surface area contributed by atoms with Crippen LogP contribution in [-0.4, -0.2) is 50.2 Å². The van der Waals surface area contributed by atoms with Crippen LogP contribution in [0.25, 0.3) is 11.2 Å². The van der Waals surface area contributed by atoms with Gasteiger partial charge in [0.15, 0.2) is 11.2 Å². The van der Waals surface area contributed by atoms with E-state index in [0.717, 1.165) is 44.7 Å². The van der Waals surface area contributed by atoms with Gasteiger partial charge in [-0.15, -0.1) is 0 Å². The van der Waals surface area contributed by atoms with E-state index in [9.17, 15) is 14.0 Å². The molecule has 8 nitrogen and oxygen atoms in total. The molecule has 0 spiro atoms. The first-order valence-corrected chi connectivity index (χ1v) is 11.4. The molecule has 2 aromatic carbocycles. The number of piperazine rings is 1. The molecule has 0 amide bonds. The largest absolute Gasteiger partial charge is 0.340 e. The summed E-state index contributed by atoms with van der Waals surface area (Å²) in [5, 5.41) is 0. The molecule has 1 saturated heterocycles. The molecule has 1 N–H and O–H groups in total. The number of aromatic nitrogens is 4. The predicted octanol–water partition coefficient (Wildman–Crippen LogP) is 2.13. The van der Waals surface area contributed by atoms with E-state index in [0.29, 0.717) is 23.7 Å². The summed E-state index contributed by atoms with van der Waals surface area (Å²) in [7, 11) is 1.62. The molecule has 0 bridgehead atoms. The summed E-state index contributed by atoms with van der Waals surface area (Å²) in [6.07, 6.45) is 0.742. The van der Waals surface area contributed by atoms with Gasteiger partial charge in [-0.1, -0.05) is 42.5 Å². The molecule has 1 fully saturated rings. The van der Waals surface area contributed by atoms with Crippen LogP contribution in [0, 0.1) is 5.82 Å². The van der Waals surface area contributed by atoms with Gasteiger partial charge in [0, 0.05) is 46.3 Å². The molecule has 9 heteroatoms. The lowest BCUT2D eigenvalue weighted by atomic mass is 10.1. The second-order valence-corrected chi connectivity index (χ2v) is 8.68. The van der Waals surface area contributed by atoms with Gasteiger partial charge in [-0.3, -0.25) is 19.2 Å². The summed E-state index contributed by atoms with van der Waals surface area (Å²) in [5.74, 6) is 0.478. The molecule has 0 aliphatic carbocycles. The number of hydrogen-bond donors (Lipinski definition) is 1. The minimum atomic E-state index is -0.471. The molecule has 2 aromatic heterocycles. The third-order valence-electron chi connectivity index (χ3n) is 6.43. The molecule has 0 atom stereocenters. The van der Waals surface area contributed by atoms with Gasteiger partial charge in [0.1, 0.15) is 5.82 Å². The van der Waals surface area contributed by atoms with Crippen LogP contribution in [0.4, 0.5) is 10.3 Å². The molecule has 0 radical (unpaired) electrons. The summed E-state index contributed by atoms with van der Waals surface area (Å²) in [6.45, 7) is 4.44. The van der Waals surface area contributed by atoms with E-state index < -0.39 is 11.2 Å². The van der Waals surface area contributed by atoms with Crippen molar-refractivity contribution in [2.24, 2.45) is 7.05 Å². The molecule has 0 unspecified atom stereocenters. The number of aryl methyl sites for hydroxylation is 3. The fourth-order valence-electron chi connectivity index (χ4n) is 4.52. The van der Waals surface area contributed by atoms with Crippen LogP contribution in [0.3, 0.4) is 0 Å². The molecular formula is C25H27FN6O2. The van der Waals surface area contributed by atoms with Crippen LogP contribution < -0.4 is 16.1 Å². The maximum absolute atomic E-state index is 13.2. The standard InChI is InChI=1S/C25H27FN6O2/c1-29-22-21(23(33)28-25(29)34)32(12-11-18-5-3-2-4-6-18)24(27-22)31-15-13-30(14-16-31)17-19-7-9-20(26)10-8-19/h2-10H,11-17H2,1H3,(H,28,33,34). The van der Waals surface area contributed by atoms with Gasteiger partial charge in [-0.05, 0) is 29.7 Å². The number of fused-ring (bicyclic) bond motifs is 1. The summed E-state index contributed by atoms with van der Waals surface area (Å²) >= 11 is 0. The number of anilines is 1. The lowest BCUT2D eigenvalue weighted by Gasteiger charge is -2.35. The molecule has 34 heavy (non-hydrogen) atoms. The van der Waals surface area contributed by atoms with Crippen molar-refractivity contribution in [1.29, 1.82) is 0 Å². The fourth-order valence-corrected chi connectivity index (χ4v) is 4.52. The number of hydrogen-bond acceptors (Lipinski definition) is 5. The highest BCUT2D eigenvalue weighted by Gasteiger charge is 2.25. The van der Waals surface area contributed by atoms with Crippen LogP contribution in [0.5, 0.6) is 0 Å². The number of rotatable bonds is 6. The molecule has 1 aliphatic rings. The minimum Gasteiger partial charge on any atom is -0.340 e. The van der Waals surface area contributed by atoms with Gasteiger partial charge in [-0.25, -0.2) is 9.18 Å². The molecule has 0 saturated carbocycles. The second-order valence-electron chi connectivity index (χ2n) is 8.68. The second kappa shape index (κ2) is 9.26. The van der Waals surface area contributed by atoms with Crippen LogP contribution >= 0.6 is 0 Å². The number of nitrogens with one attached hydrogen (secondary N) is 1. The zero-order chi connectivity index (χ0) is 23.7. The van der Waals surface area contributed by atoms with Crippen molar-refractivity contribution < 1.29 is 4.39 Å². The van der Waals surface area contributed by atoms with Gasteiger partial charge >= 0.3 is 5.69 Å². The summed E-state index contributed by atoms with van der Waals surface area (Å²) in [4.78, 5) is 36.6. The van der Waals surface area contributed by atoms with E-state index >= 15 is 0 Å². The lowest BCUT2D eigenvalue weighted by Crippen LogP contribution is -2.47. The first-order chi connectivity index (χ1) is 16.5. The number of imidazole rings is 1. The number of aromatic amines is 1. The number of halogens is 1. The van der Waals surface area contributed by atoms with Gasteiger partial charge in [0.05, 0.1) is 0 Å². The summed E-state index contributed by atoms with van der Waals surface area (Å²) in [6, 6.07) is 16.7. The number of benzene rings is 2. The highest BCUT2D eigenvalue weighted by molar-refractivity contribution is 5.74. The van der Waals surface area contributed by atoms with Gasteiger partial charge < -0.3 is 9.47 Å². The molecule has 1 aliphatic heterocycles. The van der Waals surface area contributed by atoms with Crippen molar-refractivity contribution in [3.05, 3.63) is 92.4 Å². The van der Waals surface area contributed by atoms with Crippen molar-refractivity contribution in [2.45, 2.75) is 19.5 Å². The Labute approximate surface area is 195 Å². The van der Waals surface area contributed by atoms with Crippen LogP contribution in [-0.2, 0) is 26.6 Å². The quantitative estimate of drug-likeness (QED) is 0.475. The Morgan fingerprint density at radius 3 is 2.35 bits per heavy atom. The van der Waals surface area contributed by atoms with Crippen LogP contribution in [0.1, 0.15) is 11.1 Å². The molecule has 4 aromatic rings. The van der Waals surface area contributed by atoms with E-state index in [4.69, 9.17) is 4.98 Å². The average molecular weight is 463 g/mol. The van der Waals surface area contributed by atoms with E-state index in [-0.39, 0.29) is 5.82 Å². The van der Waals surface area contributed by atoms with Gasteiger partial charge in [0.2, 0.25) is 5.95 Å². The van der Waals surface area contributed by atoms with E-state index in [2.05, 4.69) is 26.9 Å². The highest BCUT2D eigenvalue weighted by Crippen LogP contribution is 2.22. The first kappa shape index (κ1) is 22.1. The molecule has 5 rings (SSSR count). The highest BCUT2D eigenvalue weighted by atomic mass is 19.1. The van der Waals surface area contributed by atoms with Crippen molar-refractivity contribution in [3.8, 4) is 0 Å². The topological polar surface area (TPSA) is 79.2 Å². The van der Waals surface area contributed by atoms with Crippen molar-refractivity contribution in [2.75, 3.05) is 31.1 Å². The Morgan fingerprint density at radius 1 is 0.941 bits per heavy atom. The van der Waals surface area contributed by atoms with E-state index in [1.54, 1.807) is 7.05 Å². The Bertz CT molecular complexity index is 1400. The minimum absolute atomic E-state index is 0.229. The van der Waals surface area contributed by atoms with Crippen molar-refractivity contribution in [1.82, 2.24) is 24.0 Å². The first-order valence-electron chi connectivity index (χ1n) is 11.4. The Morgan fingerprint density at radius 2 is 1.65 bits per heavy atom. The zero-order valence-corrected chi connectivity index (χ0v) is 19.1. The summed E-state index contributed by atoms with van der Waals surface area (Å²) < 4.78 is 16.5. The maximum Gasteiger partial charge on any atom is 0.329 e. The molecular weight excluding hydrogens is 435 g/mol. The SMILES string of the molecule is Cn1c(=O)[nH]c(=O)c2c1nc(N1CCN(Cc3ccc(F)cc3)CC1)n2CCc1ccccc1. The zero-order valence-electron chi connectivity index (χ0n) is 19.1. The molecule has 3 heterocycles. The van der Waals surface area contributed by atoms with Gasteiger partial charge in [-0.2, -0.15) is 4.98 Å². The van der Waals surface area contributed by atoms with Gasteiger partial charge in [0.25, 0.3) is 5.56 Å². The number of nitrogens with zero attached hydrogens (tertiary/aromatic N) is 5. The Hall–Kier alpha value is -3.72. The maximum atomic E-state index is 13.2. The smallest absolute Gasteiger partial charge is 0.329 e. The van der Waals surface area contributed by atoms with E-state index in [1.807, 2.05) is 34.9 Å². The normalized spacial score (nSPS) is 14.7. The molecule has 176 valence electrons. The fraction of sp³-hybridized carbons (Fsp3) is 0.320. The van der Waals surface area contributed by atoms with Crippen LogP contribution in [0.15, 0.2) is 64.2 Å². The third-order valence-corrected chi connectivity index (χ3v) is 6.43. The van der Waals surface area contributed by atoms with Crippen LogP contribution in [0.2, 0.25) is 0 Å².